The molecule has 2 bridgehead atoms. The molecule has 4 rings (SSSR count). The Kier molecular flexibility index (Phi) is 3.72. The molecule has 2 nitrogen and oxygen atoms in total. The van der Waals surface area contributed by atoms with Gasteiger partial charge in [-0.25, -0.2) is 0 Å². The van der Waals surface area contributed by atoms with E-state index in [0.29, 0.717) is 0 Å². The number of benzene rings is 1. The van der Waals surface area contributed by atoms with Gasteiger partial charge in [0.05, 0.1) is 6.61 Å². The summed E-state index contributed by atoms with van der Waals surface area (Å²) in [5.41, 5.74) is 2.82. The fraction of sp³-hybridized carbons (Fsp3) is 0.579. The molecule has 2 saturated carbocycles. The van der Waals surface area contributed by atoms with Crippen molar-refractivity contribution in [1.29, 1.82) is 0 Å². The van der Waals surface area contributed by atoms with Crippen LogP contribution in [0.5, 0.6) is 5.75 Å². The molecule has 21 heavy (non-hydrogen) atoms. The van der Waals surface area contributed by atoms with Crippen molar-refractivity contribution in [2.45, 2.75) is 32.1 Å². The monoisotopic (exact) mass is 283 g/mol. The van der Waals surface area contributed by atoms with E-state index in [-0.39, 0.29) is 0 Å². The topological polar surface area (TPSA) is 21.3 Å². The molecule has 1 aromatic carbocycles. The van der Waals surface area contributed by atoms with E-state index in [2.05, 4.69) is 35.7 Å². The molecule has 0 radical (unpaired) electrons. The van der Waals surface area contributed by atoms with Crippen LogP contribution in [0.4, 0.5) is 0 Å². The van der Waals surface area contributed by atoms with E-state index in [4.69, 9.17) is 4.74 Å². The average Bonchev–Trinajstić information content (AvgIpc) is 3.17. The molecule has 112 valence electrons. The first-order valence-corrected chi connectivity index (χ1v) is 8.51. The number of nitrogens with one attached hydrogen (secondary N) is 1. The Balaban J connectivity index is 1.35. The molecular formula is C19H25NO. The number of hydrogen-bond donors (Lipinski definition) is 1. The van der Waals surface area contributed by atoms with Gasteiger partial charge < -0.3 is 10.1 Å². The molecule has 0 aromatic heterocycles. The second kappa shape index (κ2) is 5.84. The first-order chi connectivity index (χ1) is 10.4. The van der Waals surface area contributed by atoms with Crippen LogP contribution in [0, 0.1) is 17.8 Å². The minimum Gasteiger partial charge on any atom is -0.493 e. The fourth-order valence-corrected chi connectivity index (χ4v) is 4.43. The number of fused-ring (bicyclic) bond motifs is 2. The SMILES string of the molecule is C1=C(c2ccc(OCC3CC4CCC3C4)cc2)CCNC1. The molecule has 1 heterocycles. The van der Waals surface area contributed by atoms with Gasteiger partial charge in [0.15, 0.2) is 0 Å². The molecule has 0 amide bonds. The molecule has 1 aromatic rings. The summed E-state index contributed by atoms with van der Waals surface area (Å²) < 4.78 is 6.05. The van der Waals surface area contributed by atoms with Gasteiger partial charge >= 0.3 is 0 Å². The van der Waals surface area contributed by atoms with E-state index in [1.54, 1.807) is 0 Å². The van der Waals surface area contributed by atoms with E-state index in [9.17, 15) is 0 Å². The highest BCUT2D eigenvalue weighted by Gasteiger charge is 2.39. The first-order valence-electron chi connectivity index (χ1n) is 8.51. The average molecular weight is 283 g/mol. The number of hydrogen-bond acceptors (Lipinski definition) is 2. The lowest BCUT2D eigenvalue weighted by molar-refractivity contribution is 0.195. The van der Waals surface area contributed by atoms with Gasteiger partial charge in [0.2, 0.25) is 0 Å². The number of ether oxygens (including phenoxy) is 1. The molecule has 1 aliphatic heterocycles. The zero-order valence-corrected chi connectivity index (χ0v) is 12.7. The summed E-state index contributed by atoms with van der Waals surface area (Å²) in [4.78, 5) is 0. The summed E-state index contributed by atoms with van der Waals surface area (Å²) in [7, 11) is 0. The third-order valence-electron chi connectivity index (χ3n) is 5.64. The highest BCUT2D eigenvalue weighted by molar-refractivity contribution is 5.67. The lowest BCUT2D eigenvalue weighted by Crippen LogP contribution is -2.20. The Bertz CT molecular complexity index is 519. The van der Waals surface area contributed by atoms with Gasteiger partial charge in [-0.1, -0.05) is 24.6 Å². The van der Waals surface area contributed by atoms with Crippen molar-refractivity contribution in [2.24, 2.45) is 17.8 Å². The summed E-state index contributed by atoms with van der Waals surface area (Å²) in [5, 5.41) is 3.36. The molecule has 2 heteroatoms. The standard InChI is InChI=1S/C19H25NO/c1-2-17-11-14(1)12-18(17)13-21-19-5-3-15(4-6-19)16-7-9-20-10-8-16/h3-7,14,17-18,20H,1-2,8-13H2. The molecular weight excluding hydrogens is 258 g/mol. The van der Waals surface area contributed by atoms with Crippen LogP contribution in [0.15, 0.2) is 30.3 Å². The smallest absolute Gasteiger partial charge is 0.119 e. The summed E-state index contributed by atoms with van der Waals surface area (Å²) in [6, 6.07) is 8.72. The molecule has 0 spiro atoms. The highest BCUT2D eigenvalue weighted by atomic mass is 16.5. The third kappa shape index (κ3) is 2.87. The maximum Gasteiger partial charge on any atom is 0.119 e. The maximum absolute atomic E-state index is 6.05. The van der Waals surface area contributed by atoms with E-state index in [1.807, 2.05) is 0 Å². The van der Waals surface area contributed by atoms with Gasteiger partial charge in [0, 0.05) is 6.54 Å². The zero-order chi connectivity index (χ0) is 14.1. The molecule has 0 saturated heterocycles. The van der Waals surface area contributed by atoms with E-state index >= 15 is 0 Å². The Hall–Kier alpha value is -1.28. The van der Waals surface area contributed by atoms with Gasteiger partial charge in [0.1, 0.15) is 5.75 Å². The van der Waals surface area contributed by atoms with Gasteiger partial charge in [-0.05, 0) is 73.3 Å². The molecule has 3 unspecified atom stereocenters. The Morgan fingerprint density at radius 3 is 2.67 bits per heavy atom. The van der Waals surface area contributed by atoms with E-state index in [0.717, 1.165) is 49.6 Å². The van der Waals surface area contributed by atoms with Crippen molar-refractivity contribution in [2.75, 3.05) is 19.7 Å². The normalized spacial score (nSPS) is 31.2. The van der Waals surface area contributed by atoms with Crippen LogP contribution in [-0.4, -0.2) is 19.7 Å². The van der Waals surface area contributed by atoms with Crippen LogP contribution in [0.1, 0.15) is 37.7 Å². The molecule has 1 N–H and O–H groups in total. The predicted octanol–water partition coefficient (Wildman–Crippen LogP) is 3.88. The quantitative estimate of drug-likeness (QED) is 0.905. The van der Waals surface area contributed by atoms with Crippen LogP contribution in [0.2, 0.25) is 0 Å². The largest absolute Gasteiger partial charge is 0.493 e. The van der Waals surface area contributed by atoms with Crippen LogP contribution in [0.25, 0.3) is 5.57 Å². The highest BCUT2D eigenvalue weighted by Crippen LogP contribution is 2.48. The van der Waals surface area contributed by atoms with Crippen LogP contribution < -0.4 is 10.1 Å². The molecule has 2 aliphatic carbocycles. The van der Waals surface area contributed by atoms with Crippen LogP contribution >= 0.6 is 0 Å². The van der Waals surface area contributed by atoms with E-state index < -0.39 is 0 Å². The van der Waals surface area contributed by atoms with Crippen molar-refractivity contribution in [3.63, 3.8) is 0 Å². The van der Waals surface area contributed by atoms with Crippen molar-refractivity contribution in [3.8, 4) is 5.75 Å². The molecule has 3 aliphatic rings. The van der Waals surface area contributed by atoms with Crippen molar-refractivity contribution in [3.05, 3.63) is 35.9 Å². The van der Waals surface area contributed by atoms with Crippen molar-refractivity contribution >= 4 is 5.57 Å². The maximum atomic E-state index is 6.05. The van der Waals surface area contributed by atoms with Gasteiger partial charge in [-0.2, -0.15) is 0 Å². The first kappa shape index (κ1) is 13.4. The van der Waals surface area contributed by atoms with Crippen LogP contribution in [0.3, 0.4) is 0 Å². The molecule has 3 atom stereocenters. The lowest BCUT2D eigenvalue weighted by atomic mass is 9.89. The number of rotatable bonds is 4. The fourth-order valence-electron chi connectivity index (χ4n) is 4.43. The second-order valence-corrected chi connectivity index (χ2v) is 6.95. The summed E-state index contributed by atoms with van der Waals surface area (Å²) in [6.07, 6.45) is 9.22. The van der Waals surface area contributed by atoms with Gasteiger partial charge in [0.25, 0.3) is 0 Å². The van der Waals surface area contributed by atoms with Gasteiger partial charge in [-0.15, -0.1) is 0 Å². The van der Waals surface area contributed by atoms with Crippen molar-refractivity contribution in [1.82, 2.24) is 5.32 Å². The summed E-state index contributed by atoms with van der Waals surface area (Å²) in [5.74, 6) is 3.82. The second-order valence-electron chi connectivity index (χ2n) is 6.95. The zero-order valence-electron chi connectivity index (χ0n) is 12.7. The Morgan fingerprint density at radius 2 is 2.00 bits per heavy atom. The summed E-state index contributed by atoms with van der Waals surface area (Å²) >= 11 is 0. The summed E-state index contributed by atoms with van der Waals surface area (Å²) in [6.45, 7) is 3.01. The van der Waals surface area contributed by atoms with Crippen LogP contribution in [-0.2, 0) is 0 Å². The minimum atomic E-state index is 0.815. The predicted molar refractivity (Wildman–Crippen MR) is 86.3 cm³/mol. The van der Waals surface area contributed by atoms with E-state index in [1.165, 1.54) is 36.8 Å². The van der Waals surface area contributed by atoms with Crippen molar-refractivity contribution < 1.29 is 4.74 Å². The van der Waals surface area contributed by atoms with Gasteiger partial charge in [-0.3, -0.25) is 0 Å². The molecule has 2 fully saturated rings. The minimum absolute atomic E-state index is 0.815. The Labute approximate surface area is 127 Å². The Morgan fingerprint density at radius 1 is 1.10 bits per heavy atom. The third-order valence-corrected chi connectivity index (χ3v) is 5.64. The lowest BCUT2D eigenvalue weighted by Gasteiger charge is -2.22.